The first kappa shape index (κ1) is 15.1. The van der Waals surface area contributed by atoms with Crippen molar-refractivity contribution < 1.29 is 17.9 Å². The minimum atomic E-state index is -3.89. The molecular weight excluding hydrogens is 324 g/mol. The van der Waals surface area contributed by atoms with E-state index < -0.39 is 15.9 Å². The van der Waals surface area contributed by atoms with Gasteiger partial charge in [0.2, 0.25) is 5.91 Å². The third-order valence-corrected chi connectivity index (χ3v) is 5.74. The molecule has 3 rings (SSSR count). The second kappa shape index (κ2) is 6.15. The van der Waals surface area contributed by atoms with Gasteiger partial charge in [-0.2, -0.15) is 0 Å². The molecule has 2 aromatic heterocycles. The molecule has 1 N–H and O–H groups in total. The van der Waals surface area contributed by atoms with Gasteiger partial charge in [-0.05, 0) is 35.6 Å². The molecule has 6 nitrogen and oxygen atoms in total. The molecule has 1 atom stereocenters. The van der Waals surface area contributed by atoms with Crippen molar-refractivity contribution in [3.05, 3.63) is 46.4 Å². The number of sulfonamides is 1. The molecule has 1 aliphatic rings. The van der Waals surface area contributed by atoms with Gasteiger partial charge in [0.15, 0.2) is 0 Å². The first-order chi connectivity index (χ1) is 10.6. The summed E-state index contributed by atoms with van der Waals surface area (Å²) < 4.78 is 31.8. The summed E-state index contributed by atoms with van der Waals surface area (Å²) in [6.07, 6.45) is 3.09. The Morgan fingerprint density at radius 2 is 2.32 bits per heavy atom. The van der Waals surface area contributed by atoms with Crippen molar-refractivity contribution in [1.29, 1.82) is 0 Å². The number of rotatable bonds is 4. The van der Waals surface area contributed by atoms with Crippen LogP contribution in [0.2, 0.25) is 0 Å². The van der Waals surface area contributed by atoms with Crippen LogP contribution in [0.15, 0.2) is 40.9 Å². The van der Waals surface area contributed by atoms with Gasteiger partial charge in [0, 0.05) is 17.3 Å². The van der Waals surface area contributed by atoms with E-state index in [1.807, 2.05) is 11.4 Å². The zero-order chi connectivity index (χ0) is 15.6. The number of carbonyl (C=O) groups is 1. The van der Waals surface area contributed by atoms with Crippen LogP contribution in [0.5, 0.6) is 0 Å². The van der Waals surface area contributed by atoms with E-state index in [0.717, 1.165) is 11.3 Å². The fourth-order valence-corrected chi connectivity index (χ4v) is 4.26. The Balaban J connectivity index is 1.69. The Bertz CT molecular complexity index is 771. The van der Waals surface area contributed by atoms with Gasteiger partial charge in [-0.15, -0.1) is 11.3 Å². The lowest BCUT2D eigenvalue weighted by atomic mass is 10.1. The number of amides is 1. The Morgan fingerprint density at radius 3 is 3.09 bits per heavy atom. The average molecular weight is 338 g/mol. The highest BCUT2D eigenvalue weighted by atomic mass is 32.2. The number of thiophene rings is 1. The van der Waals surface area contributed by atoms with Crippen LogP contribution in [-0.4, -0.2) is 25.9 Å². The number of hydrogen-bond donors (Lipinski definition) is 1. The second-order valence-electron chi connectivity index (χ2n) is 4.84. The van der Waals surface area contributed by atoms with Gasteiger partial charge < -0.3 is 4.74 Å². The molecule has 8 heteroatoms. The normalized spacial score (nSPS) is 17.7. The number of pyridine rings is 1. The predicted molar refractivity (Wildman–Crippen MR) is 80.9 cm³/mol. The van der Waals surface area contributed by atoms with Crippen LogP contribution in [0.25, 0.3) is 0 Å². The van der Waals surface area contributed by atoms with Gasteiger partial charge in [0.1, 0.15) is 11.0 Å². The smallest absolute Gasteiger partial charge is 0.265 e. The Morgan fingerprint density at radius 1 is 1.45 bits per heavy atom. The standard InChI is InChI=1S/C14H14N2O4S2/c17-13(16-22(18,19)11-2-1-5-15-9-11)8-12-14-10(3-6-20-12)4-7-21-14/h1-2,4-5,7,9,12H,3,6,8H2,(H,16,17). The fourth-order valence-electron chi connectivity index (χ4n) is 2.30. The van der Waals surface area contributed by atoms with Crippen LogP contribution >= 0.6 is 11.3 Å². The number of ether oxygens (including phenoxy) is 1. The zero-order valence-electron chi connectivity index (χ0n) is 11.6. The summed E-state index contributed by atoms with van der Waals surface area (Å²) in [6.45, 7) is 0.539. The first-order valence-corrected chi connectivity index (χ1v) is 9.06. The third kappa shape index (κ3) is 3.18. The van der Waals surface area contributed by atoms with Crippen molar-refractivity contribution in [1.82, 2.24) is 9.71 Å². The van der Waals surface area contributed by atoms with E-state index in [4.69, 9.17) is 4.74 Å². The quantitative estimate of drug-likeness (QED) is 0.916. The van der Waals surface area contributed by atoms with Crippen LogP contribution in [-0.2, 0) is 26.0 Å². The molecule has 0 fully saturated rings. The molecule has 1 amide bonds. The highest BCUT2D eigenvalue weighted by molar-refractivity contribution is 7.90. The maximum absolute atomic E-state index is 12.1. The average Bonchev–Trinajstić information content (AvgIpc) is 2.97. The van der Waals surface area contributed by atoms with E-state index in [0.29, 0.717) is 6.61 Å². The summed E-state index contributed by atoms with van der Waals surface area (Å²) in [5, 5.41) is 1.95. The number of aromatic nitrogens is 1. The summed E-state index contributed by atoms with van der Waals surface area (Å²) in [5.41, 5.74) is 1.17. The van der Waals surface area contributed by atoms with Crippen molar-refractivity contribution in [3.63, 3.8) is 0 Å². The second-order valence-corrected chi connectivity index (χ2v) is 7.47. The molecule has 0 spiro atoms. The zero-order valence-corrected chi connectivity index (χ0v) is 13.2. The monoisotopic (exact) mass is 338 g/mol. The highest BCUT2D eigenvalue weighted by Gasteiger charge is 2.26. The number of hydrogen-bond acceptors (Lipinski definition) is 6. The summed E-state index contributed by atoms with van der Waals surface area (Å²) in [7, 11) is -3.89. The molecule has 0 saturated heterocycles. The van der Waals surface area contributed by atoms with Crippen LogP contribution in [0.3, 0.4) is 0 Å². The van der Waals surface area contributed by atoms with Crippen molar-refractivity contribution in [2.75, 3.05) is 6.61 Å². The molecule has 116 valence electrons. The molecule has 1 unspecified atom stereocenters. The molecule has 0 radical (unpaired) electrons. The maximum atomic E-state index is 12.1. The maximum Gasteiger partial charge on any atom is 0.265 e. The third-order valence-electron chi connectivity index (χ3n) is 3.33. The lowest BCUT2D eigenvalue weighted by molar-refractivity contribution is -0.122. The van der Waals surface area contributed by atoms with Crippen LogP contribution < -0.4 is 4.72 Å². The van der Waals surface area contributed by atoms with Gasteiger partial charge in [-0.3, -0.25) is 9.78 Å². The molecule has 1 aliphatic heterocycles. The van der Waals surface area contributed by atoms with Gasteiger partial charge in [0.05, 0.1) is 13.0 Å². The molecular formula is C14H14N2O4S2. The SMILES string of the molecule is O=C(CC1OCCc2ccsc21)NS(=O)(=O)c1cccnc1. The Kier molecular flexibility index (Phi) is 4.23. The largest absolute Gasteiger partial charge is 0.372 e. The highest BCUT2D eigenvalue weighted by Crippen LogP contribution is 2.33. The summed E-state index contributed by atoms with van der Waals surface area (Å²) in [6, 6.07) is 4.90. The van der Waals surface area contributed by atoms with Crippen molar-refractivity contribution in [3.8, 4) is 0 Å². The first-order valence-electron chi connectivity index (χ1n) is 6.70. The van der Waals surface area contributed by atoms with E-state index in [2.05, 4.69) is 9.71 Å². The molecule has 2 aromatic rings. The van der Waals surface area contributed by atoms with E-state index in [1.54, 1.807) is 0 Å². The molecule has 0 bridgehead atoms. The van der Waals surface area contributed by atoms with Gasteiger partial charge in [-0.1, -0.05) is 0 Å². The lowest BCUT2D eigenvalue weighted by Crippen LogP contribution is -2.32. The molecule has 0 aromatic carbocycles. The Labute approximate surface area is 132 Å². The Hall–Kier alpha value is -1.77. The molecule has 0 saturated carbocycles. The summed E-state index contributed by atoms with van der Waals surface area (Å²) in [5.74, 6) is -0.588. The lowest BCUT2D eigenvalue weighted by Gasteiger charge is -2.22. The van der Waals surface area contributed by atoms with E-state index in [1.165, 1.54) is 41.4 Å². The molecule has 22 heavy (non-hydrogen) atoms. The van der Waals surface area contributed by atoms with Crippen LogP contribution in [0, 0.1) is 0 Å². The van der Waals surface area contributed by atoms with E-state index in [9.17, 15) is 13.2 Å². The fraction of sp³-hybridized carbons (Fsp3) is 0.286. The predicted octanol–water partition coefficient (Wildman–Crippen LogP) is 1.65. The van der Waals surface area contributed by atoms with Crippen LogP contribution in [0.4, 0.5) is 0 Å². The van der Waals surface area contributed by atoms with Crippen molar-refractivity contribution >= 4 is 27.3 Å². The van der Waals surface area contributed by atoms with Crippen molar-refractivity contribution in [2.45, 2.75) is 23.8 Å². The minimum Gasteiger partial charge on any atom is -0.372 e. The number of carbonyl (C=O) groups excluding carboxylic acids is 1. The summed E-state index contributed by atoms with van der Waals surface area (Å²) in [4.78, 5) is 16.8. The van der Waals surface area contributed by atoms with E-state index in [-0.39, 0.29) is 17.4 Å². The minimum absolute atomic E-state index is 0.0208. The van der Waals surface area contributed by atoms with Gasteiger partial charge in [-0.25, -0.2) is 13.1 Å². The van der Waals surface area contributed by atoms with E-state index >= 15 is 0 Å². The van der Waals surface area contributed by atoms with Gasteiger partial charge >= 0.3 is 0 Å². The van der Waals surface area contributed by atoms with Gasteiger partial charge in [0.25, 0.3) is 10.0 Å². The van der Waals surface area contributed by atoms with Crippen LogP contribution in [0.1, 0.15) is 23.0 Å². The number of nitrogens with one attached hydrogen (secondary N) is 1. The summed E-state index contributed by atoms with van der Waals surface area (Å²) >= 11 is 1.53. The molecule has 3 heterocycles. The number of fused-ring (bicyclic) bond motifs is 1. The molecule has 0 aliphatic carbocycles. The number of nitrogens with zero attached hydrogens (tertiary/aromatic N) is 1. The topological polar surface area (TPSA) is 85.4 Å². The van der Waals surface area contributed by atoms with Crippen molar-refractivity contribution in [2.24, 2.45) is 0 Å².